The van der Waals surface area contributed by atoms with E-state index < -0.39 is 5.82 Å². The molecule has 0 unspecified atom stereocenters. The van der Waals surface area contributed by atoms with Gasteiger partial charge in [-0.1, -0.05) is 20.8 Å². The number of halogens is 1. The highest BCUT2D eigenvalue weighted by Gasteiger charge is 2.17. The highest BCUT2D eigenvalue weighted by molar-refractivity contribution is 5.42. The molecule has 2 heterocycles. The molecule has 0 aliphatic heterocycles. The van der Waals surface area contributed by atoms with Gasteiger partial charge in [0.1, 0.15) is 0 Å². The van der Waals surface area contributed by atoms with Crippen LogP contribution in [0.3, 0.4) is 0 Å². The average Bonchev–Trinajstić information content (AvgIpc) is 2.29. The molecule has 2 aromatic heterocycles. The number of hydrogen-bond donors (Lipinski definition) is 0. The van der Waals surface area contributed by atoms with Gasteiger partial charge in [0.15, 0.2) is 17.5 Å². The molecule has 0 aliphatic carbocycles. The number of aromatic nitrogens is 4. The van der Waals surface area contributed by atoms with E-state index in [1.54, 1.807) is 6.20 Å². The van der Waals surface area contributed by atoms with Gasteiger partial charge < -0.3 is 0 Å². The fourth-order valence-electron chi connectivity index (χ4n) is 1.31. The maximum absolute atomic E-state index is 12.7. The second-order valence-corrected chi connectivity index (χ2v) is 4.74. The van der Waals surface area contributed by atoms with Crippen molar-refractivity contribution in [3.8, 4) is 11.6 Å². The molecule has 0 amide bonds. The van der Waals surface area contributed by atoms with Crippen molar-refractivity contribution in [2.24, 2.45) is 0 Å². The molecule has 5 heteroatoms. The molecule has 0 radical (unpaired) electrons. The third-order valence-corrected chi connectivity index (χ3v) is 2.24. The summed E-state index contributed by atoms with van der Waals surface area (Å²) in [7, 11) is 0. The molecular formula is C12H13FN4. The summed E-state index contributed by atoms with van der Waals surface area (Å²) in [4.78, 5) is 16.2. The summed E-state index contributed by atoms with van der Waals surface area (Å²) in [5.74, 6) is 0.274. The van der Waals surface area contributed by atoms with Crippen LogP contribution in [0.1, 0.15) is 26.5 Å². The quantitative estimate of drug-likeness (QED) is 0.757. The second kappa shape index (κ2) is 4.16. The zero-order valence-corrected chi connectivity index (χ0v) is 9.98. The minimum absolute atomic E-state index is 0.0717. The van der Waals surface area contributed by atoms with Crippen LogP contribution >= 0.6 is 0 Å². The normalized spacial score (nSPS) is 11.5. The van der Waals surface area contributed by atoms with Crippen molar-refractivity contribution < 1.29 is 4.39 Å². The van der Waals surface area contributed by atoms with Gasteiger partial charge in [0.2, 0.25) is 0 Å². The summed E-state index contributed by atoms with van der Waals surface area (Å²) in [6, 6.07) is 1.85. The van der Waals surface area contributed by atoms with Crippen molar-refractivity contribution in [3.63, 3.8) is 0 Å². The summed E-state index contributed by atoms with van der Waals surface area (Å²) in [6.45, 7) is 6.18. The lowest BCUT2D eigenvalue weighted by Crippen LogP contribution is -2.14. The monoisotopic (exact) mass is 232 g/mol. The Morgan fingerprint density at radius 3 is 2.24 bits per heavy atom. The van der Waals surface area contributed by atoms with Crippen molar-refractivity contribution in [3.05, 3.63) is 36.2 Å². The summed E-state index contributed by atoms with van der Waals surface area (Å²) in [5.41, 5.74) is 0.827. The van der Waals surface area contributed by atoms with E-state index in [1.807, 2.05) is 6.07 Å². The Morgan fingerprint density at radius 2 is 1.65 bits per heavy atom. The van der Waals surface area contributed by atoms with E-state index in [9.17, 15) is 4.39 Å². The number of rotatable bonds is 1. The van der Waals surface area contributed by atoms with Gasteiger partial charge in [-0.25, -0.2) is 24.3 Å². The zero-order valence-electron chi connectivity index (χ0n) is 9.98. The van der Waals surface area contributed by atoms with Crippen LogP contribution in [0.15, 0.2) is 24.7 Å². The minimum atomic E-state index is -0.472. The van der Waals surface area contributed by atoms with Crippen LogP contribution < -0.4 is 0 Å². The Kier molecular flexibility index (Phi) is 2.83. The third-order valence-electron chi connectivity index (χ3n) is 2.24. The molecule has 0 atom stereocenters. The number of nitrogens with zero attached hydrogens (tertiary/aromatic N) is 4. The molecule has 0 N–H and O–H groups in total. The largest absolute Gasteiger partial charge is 0.234 e. The van der Waals surface area contributed by atoms with Gasteiger partial charge in [0, 0.05) is 17.3 Å². The Morgan fingerprint density at radius 1 is 1.00 bits per heavy atom. The Hall–Kier alpha value is -1.91. The molecule has 0 bridgehead atoms. The molecule has 0 saturated heterocycles. The van der Waals surface area contributed by atoms with Gasteiger partial charge >= 0.3 is 0 Å². The maximum atomic E-state index is 12.7. The van der Waals surface area contributed by atoms with E-state index >= 15 is 0 Å². The lowest BCUT2D eigenvalue weighted by Gasteiger charge is -2.17. The van der Waals surface area contributed by atoms with Crippen LogP contribution in [0.25, 0.3) is 11.6 Å². The molecule has 0 saturated carbocycles. The van der Waals surface area contributed by atoms with Crippen LogP contribution in [0.5, 0.6) is 0 Å². The molecule has 4 nitrogen and oxygen atoms in total. The lowest BCUT2D eigenvalue weighted by molar-refractivity contribution is 0.567. The van der Waals surface area contributed by atoms with E-state index in [2.05, 4.69) is 40.7 Å². The van der Waals surface area contributed by atoms with Crippen molar-refractivity contribution in [2.75, 3.05) is 0 Å². The van der Waals surface area contributed by atoms with E-state index in [4.69, 9.17) is 0 Å². The second-order valence-electron chi connectivity index (χ2n) is 4.74. The molecular weight excluding hydrogens is 219 g/mol. The first-order valence-corrected chi connectivity index (χ1v) is 5.28. The van der Waals surface area contributed by atoms with E-state index in [-0.39, 0.29) is 5.41 Å². The van der Waals surface area contributed by atoms with E-state index in [1.165, 1.54) is 0 Å². The maximum Gasteiger partial charge on any atom is 0.197 e. The van der Waals surface area contributed by atoms with Crippen molar-refractivity contribution in [2.45, 2.75) is 26.2 Å². The molecule has 2 rings (SSSR count). The predicted molar refractivity (Wildman–Crippen MR) is 61.7 cm³/mol. The Labute approximate surface area is 99.0 Å². The highest BCUT2D eigenvalue weighted by Crippen LogP contribution is 2.20. The van der Waals surface area contributed by atoms with E-state index in [0.717, 1.165) is 18.1 Å². The smallest absolute Gasteiger partial charge is 0.197 e. The molecule has 0 spiro atoms. The first-order valence-electron chi connectivity index (χ1n) is 5.28. The van der Waals surface area contributed by atoms with Crippen molar-refractivity contribution >= 4 is 0 Å². The zero-order chi connectivity index (χ0) is 12.5. The highest BCUT2D eigenvalue weighted by atomic mass is 19.1. The minimum Gasteiger partial charge on any atom is -0.234 e. The molecule has 88 valence electrons. The van der Waals surface area contributed by atoms with Gasteiger partial charge in [-0.15, -0.1) is 0 Å². The van der Waals surface area contributed by atoms with Gasteiger partial charge in [0.25, 0.3) is 0 Å². The van der Waals surface area contributed by atoms with Gasteiger partial charge in [0.05, 0.1) is 12.4 Å². The van der Waals surface area contributed by atoms with Crippen molar-refractivity contribution in [1.82, 2.24) is 19.9 Å². The summed E-state index contributed by atoms with van der Waals surface area (Å²) >= 11 is 0. The first-order chi connectivity index (χ1) is 7.97. The number of hydrogen-bond acceptors (Lipinski definition) is 4. The fourth-order valence-corrected chi connectivity index (χ4v) is 1.31. The van der Waals surface area contributed by atoms with E-state index in [0.29, 0.717) is 11.6 Å². The first kappa shape index (κ1) is 11.6. The molecule has 0 aromatic carbocycles. The van der Waals surface area contributed by atoms with Gasteiger partial charge in [-0.3, -0.25) is 0 Å². The van der Waals surface area contributed by atoms with Crippen LogP contribution in [0.4, 0.5) is 4.39 Å². The standard InChI is InChI=1S/C12H13FN4/c1-12(2,3)9-4-5-14-11(17-9)10-15-6-8(13)7-16-10/h4-7H,1-3H3. The van der Waals surface area contributed by atoms with Crippen LogP contribution in [0, 0.1) is 5.82 Å². The van der Waals surface area contributed by atoms with Crippen LogP contribution in [0.2, 0.25) is 0 Å². The average molecular weight is 232 g/mol. The fraction of sp³-hybridized carbons (Fsp3) is 0.333. The van der Waals surface area contributed by atoms with Crippen LogP contribution in [-0.4, -0.2) is 19.9 Å². The molecule has 2 aromatic rings. The van der Waals surface area contributed by atoms with Gasteiger partial charge in [-0.2, -0.15) is 0 Å². The topological polar surface area (TPSA) is 51.6 Å². The predicted octanol–water partition coefficient (Wildman–Crippen LogP) is 2.37. The third kappa shape index (κ3) is 2.61. The molecule has 0 aliphatic rings. The lowest BCUT2D eigenvalue weighted by atomic mass is 9.92. The Bertz CT molecular complexity index is 517. The summed E-state index contributed by atoms with van der Waals surface area (Å²) < 4.78 is 12.7. The molecule has 0 fully saturated rings. The van der Waals surface area contributed by atoms with Gasteiger partial charge in [-0.05, 0) is 6.07 Å². The SMILES string of the molecule is CC(C)(C)c1ccnc(-c2ncc(F)cn2)n1. The summed E-state index contributed by atoms with van der Waals surface area (Å²) in [5, 5.41) is 0. The van der Waals surface area contributed by atoms with Crippen molar-refractivity contribution in [1.29, 1.82) is 0 Å². The van der Waals surface area contributed by atoms with Crippen LogP contribution in [-0.2, 0) is 5.41 Å². The summed E-state index contributed by atoms with van der Waals surface area (Å²) in [6.07, 6.45) is 3.88. The Balaban J connectivity index is 2.43. The molecule has 17 heavy (non-hydrogen) atoms.